The number of rotatable bonds is 7. The van der Waals surface area contributed by atoms with E-state index in [0.717, 1.165) is 6.07 Å². The Hall–Kier alpha value is -1.64. The number of nitrogens with one attached hydrogen (secondary N) is 1. The first-order valence-electron chi connectivity index (χ1n) is 6.62. The van der Waals surface area contributed by atoms with Crippen molar-refractivity contribution in [3.8, 4) is 0 Å². The van der Waals surface area contributed by atoms with Gasteiger partial charge in [0.25, 0.3) is 0 Å². The summed E-state index contributed by atoms with van der Waals surface area (Å²) in [4.78, 5) is 21.9. The molecule has 0 aliphatic heterocycles. The molecule has 0 heterocycles. The van der Waals surface area contributed by atoms with Gasteiger partial charge in [-0.3, -0.25) is 4.79 Å². The van der Waals surface area contributed by atoms with Crippen LogP contribution >= 0.6 is 11.6 Å². The van der Waals surface area contributed by atoms with Crippen molar-refractivity contribution in [3.63, 3.8) is 0 Å². The Labute approximate surface area is 139 Å². The van der Waals surface area contributed by atoms with Crippen molar-refractivity contribution in [1.29, 1.82) is 0 Å². The molecule has 1 rings (SSSR count). The van der Waals surface area contributed by atoms with Gasteiger partial charge < -0.3 is 9.84 Å². The van der Waals surface area contributed by atoms with Crippen molar-refractivity contribution in [2.75, 3.05) is 7.11 Å². The number of ether oxygens (including phenoxy) is 1. The molecule has 0 saturated heterocycles. The average molecular weight is 364 g/mol. The SMILES string of the molecule is COC(=O)c1ccc(S(=O)(=O)NC(C)(C)CCC(=O)O)cc1Cl. The normalized spacial score (nSPS) is 12.0. The molecule has 9 heteroatoms. The summed E-state index contributed by atoms with van der Waals surface area (Å²) in [6.45, 7) is 3.16. The summed E-state index contributed by atoms with van der Waals surface area (Å²) in [5.74, 6) is -1.68. The minimum atomic E-state index is -3.92. The summed E-state index contributed by atoms with van der Waals surface area (Å²) in [5, 5.41) is 8.64. The molecule has 0 bridgehead atoms. The molecule has 128 valence electrons. The van der Waals surface area contributed by atoms with Crippen LogP contribution in [0.1, 0.15) is 37.0 Å². The summed E-state index contributed by atoms with van der Waals surface area (Å²) < 4.78 is 31.7. The Morgan fingerprint density at radius 3 is 2.43 bits per heavy atom. The average Bonchev–Trinajstić information content (AvgIpc) is 2.43. The Kier molecular flexibility index (Phi) is 6.15. The fourth-order valence-electron chi connectivity index (χ4n) is 1.83. The number of carboxylic acid groups (broad SMARTS) is 1. The summed E-state index contributed by atoms with van der Waals surface area (Å²) >= 11 is 5.91. The van der Waals surface area contributed by atoms with E-state index in [1.807, 2.05) is 0 Å². The predicted molar refractivity (Wildman–Crippen MR) is 84.1 cm³/mol. The fourth-order valence-corrected chi connectivity index (χ4v) is 3.62. The lowest BCUT2D eigenvalue weighted by Gasteiger charge is -2.25. The fraction of sp³-hybridized carbons (Fsp3) is 0.429. The number of carboxylic acids is 1. The van der Waals surface area contributed by atoms with E-state index in [1.54, 1.807) is 13.8 Å². The molecule has 0 saturated carbocycles. The number of carbonyl (C=O) groups is 2. The second-order valence-corrected chi connectivity index (χ2v) is 7.61. The molecular formula is C14H18ClNO6S. The highest BCUT2D eigenvalue weighted by Crippen LogP contribution is 2.23. The quantitative estimate of drug-likeness (QED) is 0.717. The van der Waals surface area contributed by atoms with Gasteiger partial charge in [-0.2, -0.15) is 0 Å². The first kappa shape index (κ1) is 19.4. The van der Waals surface area contributed by atoms with Crippen LogP contribution in [0.5, 0.6) is 0 Å². The van der Waals surface area contributed by atoms with Crippen molar-refractivity contribution in [1.82, 2.24) is 4.72 Å². The number of hydrogen-bond acceptors (Lipinski definition) is 5. The number of carbonyl (C=O) groups excluding carboxylic acids is 1. The maximum atomic E-state index is 12.4. The van der Waals surface area contributed by atoms with E-state index < -0.39 is 27.5 Å². The van der Waals surface area contributed by atoms with E-state index in [0.29, 0.717) is 0 Å². The van der Waals surface area contributed by atoms with Crippen LogP contribution in [0.25, 0.3) is 0 Å². The third-order valence-electron chi connectivity index (χ3n) is 3.03. The van der Waals surface area contributed by atoms with Crippen molar-refractivity contribution in [3.05, 3.63) is 28.8 Å². The zero-order valence-corrected chi connectivity index (χ0v) is 14.5. The standard InChI is InChI=1S/C14H18ClNO6S/c1-14(2,7-6-12(17)18)16-23(20,21)9-4-5-10(11(15)8-9)13(19)22-3/h4-5,8,16H,6-7H2,1-3H3,(H,17,18). The Morgan fingerprint density at radius 1 is 1.35 bits per heavy atom. The number of hydrogen-bond donors (Lipinski definition) is 2. The molecule has 23 heavy (non-hydrogen) atoms. The number of methoxy groups -OCH3 is 1. The van der Waals surface area contributed by atoms with Gasteiger partial charge in [0.2, 0.25) is 10.0 Å². The Morgan fingerprint density at radius 2 is 1.96 bits per heavy atom. The van der Waals surface area contributed by atoms with E-state index in [9.17, 15) is 18.0 Å². The van der Waals surface area contributed by atoms with Crippen LogP contribution in [-0.2, 0) is 19.6 Å². The molecule has 2 N–H and O–H groups in total. The lowest BCUT2D eigenvalue weighted by Crippen LogP contribution is -2.43. The lowest BCUT2D eigenvalue weighted by molar-refractivity contribution is -0.137. The van der Waals surface area contributed by atoms with Crippen LogP contribution in [0, 0.1) is 0 Å². The zero-order chi connectivity index (χ0) is 17.8. The van der Waals surface area contributed by atoms with Gasteiger partial charge in [0.1, 0.15) is 0 Å². The Balaban J connectivity index is 3.03. The number of benzene rings is 1. The molecular weight excluding hydrogens is 346 g/mol. The summed E-state index contributed by atoms with van der Waals surface area (Å²) in [7, 11) is -2.73. The highest BCUT2D eigenvalue weighted by molar-refractivity contribution is 7.89. The molecule has 0 fully saturated rings. The maximum Gasteiger partial charge on any atom is 0.339 e. The minimum absolute atomic E-state index is 0.0527. The van der Waals surface area contributed by atoms with Gasteiger partial charge in [-0.15, -0.1) is 0 Å². The molecule has 0 radical (unpaired) electrons. The molecule has 0 amide bonds. The molecule has 7 nitrogen and oxygen atoms in total. The molecule has 1 aromatic rings. The predicted octanol–water partition coefficient (Wildman–Crippen LogP) is 2.05. The Bertz CT molecular complexity index is 714. The van der Waals surface area contributed by atoms with Crippen LogP contribution in [0.3, 0.4) is 0 Å². The minimum Gasteiger partial charge on any atom is -0.481 e. The molecule has 0 atom stereocenters. The van der Waals surface area contributed by atoms with Gasteiger partial charge >= 0.3 is 11.9 Å². The first-order valence-corrected chi connectivity index (χ1v) is 8.48. The van der Waals surface area contributed by atoms with Gasteiger partial charge in [0.05, 0.1) is 22.6 Å². The van der Waals surface area contributed by atoms with Crippen LogP contribution in [0.4, 0.5) is 0 Å². The number of halogens is 1. The number of esters is 1. The van der Waals surface area contributed by atoms with E-state index >= 15 is 0 Å². The van der Waals surface area contributed by atoms with E-state index in [1.165, 1.54) is 19.2 Å². The highest BCUT2D eigenvalue weighted by atomic mass is 35.5. The van der Waals surface area contributed by atoms with Crippen molar-refractivity contribution < 1.29 is 27.9 Å². The molecule has 0 unspecified atom stereocenters. The first-order chi connectivity index (χ1) is 10.5. The van der Waals surface area contributed by atoms with E-state index in [-0.39, 0.29) is 28.3 Å². The monoisotopic (exact) mass is 363 g/mol. The number of aliphatic carboxylic acids is 1. The lowest BCUT2D eigenvalue weighted by atomic mass is 10.0. The second kappa shape index (κ2) is 7.29. The molecule has 0 aromatic heterocycles. The topological polar surface area (TPSA) is 110 Å². The van der Waals surface area contributed by atoms with Gasteiger partial charge in [-0.05, 0) is 38.5 Å². The second-order valence-electron chi connectivity index (χ2n) is 5.52. The van der Waals surface area contributed by atoms with Crippen molar-refractivity contribution in [2.45, 2.75) is 37.1 Å². The maximum absolute atomic E-state index is 12.4. The van der Waals surface area contributed by atoms with Crippen LogP contribution in [-0.4, -0.2) is 38.1 Å². The van der Waals surface area contributed by atoms with Gasteiger partial charge in [-0.1, -0.05) is 11.6 Å². The molecule has 0 aliphatic rings. The van der Waals surface area contributed by atoms with Gasteiger partial charge in [0.15, 0.2) is 0 Å². The zero-order valence-electron chi connectivity index (χ0n) is 12.9. The van der Waals surface area contributed by atoms with Gasteiger partial charge in [-0.25, -0.2) is 17.9 Å². The van der Waals surface area contributed by atoms with E-state index in [2.05, 4.69) is 9.46 Å². The van der Waals surface area contributed by atoms with E-state index in [4.69, 9.17) is 16.7 Å². The van der Waals surface area contributed by atoms with Gasteiger partial charge in [0, 0.05) is 12.0 Å². The highest BCUT2D eigenvalue weighted by Gasteiger charge is 2.27. The molecule has 0 aliphatic carbocycles. The third kappa shape index (κ3) is 5.49. The summed E-state index contributed by atoms with van der Waals surface area (Å²) in [6.07, 6.45) is -0.0485. The summed E-state index contributed by atoms with van der Waals surface area (Å²) in [6, 6.07) is 3.63. The smallest absolute Gasteiger partial charge is 0.339 e. The largest absolute Gasteiger partial charge is 0.481 e. The number of sulfonamides is 1. The van der Waals surface area contributed by atoms with Crippen LogP contribution in [0.15, 0.2) is 23.1 Å². The van der Waals surface area contributed by atoms with Crippen LogP contribution < -0.4 is 4.72 Å². The third-order valence-corrected chi connectivity index (χ3v) is 5.04. The summed E-state index contributed by atoms with van der Waals surface area (Å²) in [5.41, 5.74) is -0.900. The molecule has 1 aromatic carbocycles. The van der Waals surface area contributed by atoms with Crippen molar-refractivity contribution >= 4 is 33.6 Å². The van der Waals surface area contributed by atoms with Crippen LogP contribution in [0.2, 0.25) is 5.02 Å². The van der Waals surface area contributed by atoms with Crippen molar-refractivity contribution in [2.24, 2.45) is 0 Å². The molecule has 0 spiro atoms.